The van der Waals surface area contributed by atoms with Gasteiger partial charge in [0, 0.05) is 12.3 Å². The molecule has 7 heteroatoms. The minimum atomic E-state index is -0.224. The van der Waals surface area contributed by atoms with Crippen molar-refractivity contribution in [2.24, 2.45) is 5.92 Å². The number of aryl methyl sites for hydroxylation is 1. The average molecular weight is 358 g/mol. The van der Waals surface area contributed by atoms with Gasteiger partial charge in [-0.1, -0.05) is 18.9 Å². The first-order chi connectivity index (χ1) is 12.6. The van der Waals surface area contributed by atoms with Crippen molar-refractivity contribution in [2.75, 3.05) is 12.3 Å². The van der Waals surface area contributed by atoms with Crippen molar-refractivity contribution in [3.05, 3.63) is 35.7 Å². The van der Waals surface area contributed by atoms with Crippen LogP contribution in [0.15, 0.2) is 24.4 Å². The van der Waals surface area contributed by atoms with Crippen molar-refractivity contribution in [1.29, 1.82) is 0 Å². The summed E-state index contributed by atoms with van der Waals surface area (Å²) in [6.07, 6.45) is 6.26. The molecule has 1 saturated carbocycles. The summed E-state index contributed by atoms with van der Waals surface area (Å²) in [6.45, 7) is 2.70. The van der Waals surface area contributed by atoms with Gasteiger partial charge in [-0.2, -0.15) is 0 Å². The van der Waals surface area contributed by atoms with E-state index in [4.69, 9.17) is 5.73 Å². The smallest absolute Gasteiger partial charge is 0.271 e. The van der Waals surface area contributed by atoms with Crippen LogP contribution in [0, 0.1) is 12.8 Å². The van der Waals surface area contributed by atoms with E-state index in [1.54, 1.807) is 0 Å². The first-order valence-corrected chi connectivity index (χ1v) is 8.97. The number of H-pyrrole nitrogens is 1. The highest BCUT2D eigenvalue weighted by Crippen LogP contribution is 2.25. The summed E-state index contributed by atoms with van der Waals surface area (Å²) in [5.41, 5.74) is 9.48. The Morgan fingerprint density at radius 3 is 2.96 bits per heavy atom. The van der Waals surface area contributed by atoms with E-state index in [0.29, 0.717) is 24.0 Å². The third-order valence-electron chi connectivity index (χ3n) is 4.92. The molecule has 1 aliphatic carbocycles. The summed E-state index contributed by atoms with van der Waals surface area (Å²) >= 11 is 0. The number of fused-ring (bicyclic) bond motifs is 1. The number of nitrogens with two attached hydrogens (primary N) is 1. The molecule has 0 atom stereocenters. The minimum absolute atomic E-state index is 0. The number of amides is 1. The normalized spacial score (nSPS) is 14.8. The molecular formula is C19H30N6O. The molecule has 2 heterocycles. The van der Waals surface area contributed by atoms with E-state index in [2.05, 4.69) is 25.3 Å². The summed E-state index contributed by atoms with van der Waals surface area (Å²) < 4.78 is 0. The molecule has 2 aromatic heterocycles. The van der Waals surface area contributed by atoms with Gasteiger partial charge in [0.15, 0.2) is 11.6 Å². The number of benzene rings is 1. The van der Waals surface area contributed by atoms with Crippen LogP contribution in [0.2, 0.25) is 0 Å². The number of aromatic nitrogens is 4. The highest BCUT2D eigenvalue weighted by molar-refractivity contribution is 5.93. The highest BCUT2D eigenvalue weighted by atomic mass is 16.1. The Morgan fingerprint density at radius 2 is 2.15 bits per heavy atom. The molecular weight excluding hydrogens is 328 g/mol. The van der Waals surface area contributed by atoms with Gasteiger partial charge < -0.3 is 16.0 Å². The molecule has 3 aromatic rings. The van der Waals surface area contributed by atoms with Crippen molar-refractivity contribution in [3.8, 4) is 11.5 Å². The Balaban J connectivity index is 0.00000210. The summed E-state index contributed by atoms with van der Waals surface area (Å²) in [5, 5.41) is 2.96. The van der Waals surface area contributed by atoms with Gasteiger partial charge in [-0.15, -0.1) is 0 Å². The maximum Gasteiger partial charge on any atom is 0.271 e. The molecule has 4 rings (SSSR count). The second-order valence-electron chi connectivity index (χ2n) is 6.96. The molecule has 1 amide bonds. The number of nitrogen functional groups attached to an aromatic ring is 1. The number of carbonyl (C=O) groups is 1. The van der Waals surface area contributed by atoms with Crippen LogP contribution in [-0.2, 0) is 0 Å². The van der Waals surface area contributed by atoms with E-state index in [-0.39, 0.29) is 23.1 Å². The van der Waals surface area contributed by atoms with Crippen molar-refractivity contribution in [2.45, 2.75) is 32.6 Å². The van der Waals surface area contributed by atoms with Gasteiger partial charge in [-0.05, 0) is 43.4 Å². The molecule has 26 heavy (non-hydrogen) atoms. The van der Waals surface area contributed by atoms with E-state index in [0.717, 1.165) is 16.6 Å². The second kappa shape index (κ2) is 6.74. The number of imidazole rings is 1. The number of aromatic amines is 1. The van der Waals surface area contributed by atoms with E-state index < -0.39 is 0 Å². The zero-order chi connectivity index (χ0) is 18.1. The highest BCUT2D eigenvalue weighted by Gasteiger charge is 2.19. The Morgan fingerprint density at radius 1 is 1.35 bits per heavy atom. The Labute approximate surface area is 157 Å². The lowest BCUT2D eigenvalue weighted by molar-refractivity contribution is 0.0942. The molecule has 142 valence electrons. The van der Waals surface area contributed by atoms with Gasteiger partial charge in [-0.3, -0.25) is 4.79 Å². The topological polar surface area (TPSA) is 110 Å². The van der Waals surface area contributed by atoms with Crippen LogP contribution in [-0.4, -0.2) is 32.4 Å². The number of nitrogens with zero attached hydrogens (tertiary/aromatic N) is 3. The fraction of sp³-hybridized carbons (Fsp3) is 0.368. The van der Waals surface area contributed by atoms with E-state index in [1.165, 1.54) is 31.9 Å². The molecule has 7 nitrogen and oxygen atoms in total. The molecule has 4 N–H and O–H groups in total. The van der Waals surface area contributed by atoms with Crippen molar-refractivity contribution < 1.29 is 10.5 Å². The summed E-state index contributed by atoms with van der Waals surface area (Å²) in [6, 6.07) is 5.94. The fourth-order valence-corrected chi connectivity index (χ4v) is 3.46. The molecule has 0 saturated heterocycles. The van der Waals surface area contributed by atoms with E-state index >= 15 is 0 Å². The van der Waals surface area contributed by atoms with Crippen molar-refractivity contribution in [3.63, 3.8) is 0 Å². The van der Waals surface area contributed by atoms with Crippen LogP contribution < -0.4 is 11.1 Å². The lowest BCUT2D eigenvalue weighted by atomic mass is 10.1. The fourth-order valence-electron chi connectivity index (χ4n) is 3.46. The molecule has 0 unspecified atom stereocenters. The van der Waals surface area contributed by atoms with Crippen LogP contribution in [0.4, 0.5) is 5.82 Å². The van der Waals surface area contributed by atoms with Gasteiger partial charge in [0.25, 0.3) is 5.91 Å². The maximum atomic E-state index is 12.4. The van der Waals surface area contributed by atoms with Crippen LogP contribution >= 0.6 is 0 Å². The Kier molecular flexibility index (Phi) is 4.28. The van der Waals surface area contributed by atoms with Crippen LogP contribution in [0.3, 0.4) is 0 Å². The number of nitrogens with one attached hydrogen (secondary N) is 2. The lowest BCUT2D eigenvalue weighted by Crippen LogP contribution is -2.29. The molecule has 0 aliphatic heterocycles. The predicted molar refractivity (Wildman–Crippen MR) is 109 cm³/mol. The van der Waals surface area contributed by atoms with Gasteiger partial charge in [0.1, 0.15) is 11.4 Å². The zero-order valence-corrected chi connectivity index (χ0v) is 14.7. The molecule has 0 radical (unpaired) electrons. The van der Waals surface area contributed by atoms with Crippen molar-refractivity contribution >= 4 is 22.8 Å². The molecule has 0 bridgehead atoms. The summed E-state index contributed by atoms with van der Waals surface area (Å²) in [5.74, 6) is 1.10. The minimum Gasteiger partial charge on any atom is -0.382 e. The zero-order valence-electron chi connectivity index (χ0n) is 14.7. The van der Waals surface area contributed by atoms with Crippen molar-refractivity contribution in [1.82, 2.24) is 25.3 Å². The monoisotopic (exact) mass is 358 g/mol. The van der Waals surface area contributed by atoms with Crippen LogP contribution in [0.5, 0.6) is 0 Å². The van der Waals surface area contributed by atoms with Crippen LogP contribution in [0.25, 0.3) is 22.6 Å². The lowest BCUT2D eigenvalue weighted by Gasteiger charge is -2.10. The molecule has 1 aromatic carbocycles. The standard InChI is InChI=1S/C19H22N6O.4H2/c1-11-6-7-13-14(8-11)25-18(24-13)16-17(20)21-10-15(23-16)19(26)22-9-12-4-2-3-5-12;;;;/h6-8,10,12H,2-5,9H2,1H3,(H2,20,21)(H,22,26)(H,24,25);4*1H. The van der Waals surface area contributed by atoms with E-state index in [1.807, 2.05) is 25.1 Å². The van der Waals surface area contributed by atoms with Gasteiger partial charge >= 0.3 is 0 Å². The average Bonchev–Trinajstić information content (AvgIpc) is 3.29. The van der Waals surface area contributed by atoms with E-state index in [9.17, 15) is 4.79 Å². The number of hydrogen-bond acceptors (Lipinski definition) is 5. The third-order valence-corrected chi connectivity index (χ3v) is 4.92. The number of hydrogen-bond donors (Lipinski definition) is 3. The first-order valence-electron chi connectivity index (χ1n) is 8.97. The number of rotatable bonds is 4. The molecule has 1 fully saturated rings. The Hall–Kier alpha value is -2.96. The SMILES string of the molecule is Cc1ccc2nc(-c3nc(C(=O)NCC4CCCC4)cnc3N)[nH]c2c1.[HH].[HH].[HH].[HH]. The molecule has 0 spiro atoms. The first kappa shape index (κ1) is 16.5. The second-order valence-corrected chi connectivity index (χ2v) is 6.96. The van der Waals surface area contributed by atoms with Gasteiger partial charge in [0.05, 0.1) is 17.2 Å². The number of carbonyl (C=O) groups excluding carboxylic acids is 1. The predicted octanol–water partition coefficient (Wildman–Crippen LogP) is 3.81. The third kappa shape index (κ3) is 3.24. The number of anilines is 1. The largest absolute Gasteiger partial charge is 0.382 e. The summed E-state index contributed by atoms with van der Waals surface area (Å²) in [7, 11) is 0. The maximum absolute atomic E-state index is 12.4. The molecule has 1 aliphatic rings. The summed E-state index contributed by atoms with van der Waals surface area (Å²) in [4.78, 5) is 28.7. The van der Waals surface area contributed by atoms with Gasteiger partial charge in [0.2, 0.25) is 0 Å². The Bertz CT molecular complexity index is 975. The van der Waals surface area contributed by atoms with Gasteiger partial charge in [-0.25, -0.2) is 15.0 Å². The van der Waals surface area contributed by atoms with Crippen LogP contribution in [0.1, 0.15) is 47.4 Å². The quantitative estimate of drug-likeness (QED) is 0.657.